The van der Waals surface area contributed by atoms with Crippen LogP contribution in [-0.2, 0) is 0 Å². The minimum absolute atomic E-state index is 0.450. The van der Waals surface area contributed by atoms with Crippen molar-refractivity contribution >= 4 is 32.9 Å². The van der Waals surface area contributed by atoms with E-state index in [-0.39, 0.29) is 0 Å². The van der Waals surface area contributed by atoms with Crippen LogP contribution in [0.15, 0.2) is 40.9 Å². The molecule has 1 heterocycles. The van der Waals surface area contributed by atoms with Crippen molar-refractivity contribution in [2.75, 3.05) is 12.8 Å². The number of anilines is 1. The Morgan fingerprint density at radius 1 is 1.25 bits per heavy atom. The molecular formula is C15H14BrN3O. The topological polar surface area (TPSA) is 53.1 Å². The Labute approximate surface area is 125 Å². The molecule has 0 bridgehead atoms. The smallest absolute Gasteiger partial charge is 0.206 e. The van der Waals surface area contributed by atoms with Crippen LogP contribution >= 0.6 is 15.9 Å². The molecule has 0 fully saturated rings. The second-order valence-corrected chi connectivity index (χ2v) is 5.48. The molecule has 0 saturated heterocycles. The molecule has 102 valence electrons. The lowest BCUT2D eigenvalue weighted by molar-refractivity contribution is 0.419. The van der Waals surface area contributed by atoms with Crippen molar-refractivity contribution in [1.29, 1.82) is 0 Å². The van der Waals surface area contributed by atoms with Gasteiger partial charge in [0, 0.05) is 4.47 Å². The van der Waals surface area contributed by atoms with E-state index in [0.29, 0.717) is 5.95 Å². The number of nitrogens with two attached hydrogens (primary N) is 1. The number of nitrogen functional groups attached to an aromatic ring is 1. The number of para-hydroxylation sites is 1. The lowest BCUT2D eigenvalue weighted by Crippen LogP contribution is -2.02. The van der Waals surface area contributed by atoms with E-state index in [4.69, 9.17) is 10.5 Å². The van der Waals surface area contributed by atoms with Crippen molar-refractivity contribution < 1.29 is 4.74 Å². The van der Waals surface area contributed by atoms with Crippen LogP contribution in [0.1, 0.15) is 5.56 Å². The SMILES string of the molecule is COc1cccc2c1nc(N)n2-c1cc(Br)ccc1C. The van der Waals surface area contributed by atoms with E-state index in [1.807, 2.05) is 47.9 Å². The maximum atomic E-state index is 6.11. The summed E-state index contributed by atoms with van der Waals surface area (Å²) in [6.07, 6.45) is 0. The molecule has 0 unspecified atom stereocenters. The molecule has 4 nitrogen and oxygen atoms in total. The highest BCUT2D eigenvalue weighted by molar-refractivity contribution is 9.10. The lowest BCUT2D eigenvalue weighted by atomic mass is 10.2. The van der Waals surface area contributed by atoms with Crippen molar-refractivity contribution in [1.82, 2.24) is 9.55 Å². The van der Waals surface area contributed by atoms with Crippen LogP contribution in [-0.4, -0.2) is 16.7 Å². The monoisotopic (exact) mass is 331 g/mol. The maximum Gasteiger partial charge on any atom is 0.206 e. The third-order valence-corrected chi connectivity index (χ3v) is 3.80. The van der Waals surface area contributed by atoms with Crippen molar-refractivity contribution in [3.8, 4) is 11.4 Å². The van der Waals surface area contributed by atoms with Crippen molar-refractivity contribution in [2.24, 2.45) is 0 Å². The average molecular weight is 332 g/mol. The Morgan fingerprint density at radius 2 is 2.05 bits per heavy atom. The summed E-state index contributed by atoms with van der Waals surface area (Å²) in [6.45, 7) is 2.05. The van der Waals surface area contributed by atoms with Gasteiger partial charge in [0.2, 0.25) is 5.95 Å². The molecule has 0 spiro atoms. The number of aryl methyl sites for hydroxylation is 1. The van der Waals surface area contributed by atoms with Gasteiger partial charge in [-0.1, -0.05) is 28.1 Å². The molecule has 0 amide bonds. The minimum Gasteiger partial charge on any atom is -0.494 e. The number of methoxy groups -OCH3 is 1. The number of hydrogen-bond acceptors (Lipinski definition) is 3. The summed E-state index contributed by atoms with van der Waals surface area (Å²) in [6, 6.07) is 11.9. The molecule has 0 atom stereocenters. The molecule has 0 radical (unpaired) electrons. The van der Waals surface area contributed by atoms with Gasteiger partial charge >= 0.3 is 0 Å². The predicted molar refractivity (Wildman–Crippen MR) is 84.5 cm³/mol. The third-order valence-electron chi connectivity index (χ3n) is 3.31. The number of benzene rings is 2. The van der Waals surface area contributed by atoms with Gasteiger partial charge in [-0.3, -0.25) is 4.57 Å². The highest BCUT2D eigenvalue weighted by Gasteiger charge is 2.14. The first-order valence-electron chi connectivity index (χ1n) is 6.19. The quantitative estimate of drug-likeness (QED) is 0.779. The average Bonchev–Trinajstić information content (AvgIpc) is 2.77. The summed E-state index contributed by atoms with van der Waals surface area (Å²) in [7, 11) is 1.63. The van der Waals surface area contributed by atoms with Crippen molar-refractivity contribution in [3.63, 3.8) is 0 Å². The van der Waals surface area contributed by atoms with E-state index in [2.05, 4.69) is 20.9 Å². The first kappa shape index (κ1) is 13.0. The largest absolute Gasteiger partial charge is 0.494 e. The number of fused-ring (bicyclic) bond motifs is 1. The van der Waals surface area contributed by atoms with Crippen LogP contribution in [0.3, 0.4) is 0 Å². The van der Waals surface area contributed by atoms with Gasteiger partial charge in [-0.2, -0.15) is 0 Å². The van der Waals surface area contributed by atoms with Gasteiger partial charge in [0.15, 0.2) is 0 Å². The molecule has 0 aliphatic heterocycles. The minimum atomic E-state index is 0.450. The zero-order valence-electron chi connectivity index (χ0n) is 11.2. The Balaban J connectivity index is 2.37. The molecule has 20 heavy (non-hydrogen) atoms. The summed E-state index contributed by atoms with van der Waals surface area (Å²) >= 11 is 3.50. The number of ether oxygens (including phenoxy) is 1. The van der Waals surface area contributed by atoms with Crippen LogP contribution < -0.4 is 10.5 Å². The summed E-state index contributed by atoms with van der Waals surface area (Å²) in [5.74, 6) is 1.17. The fourth-order valence-electron chi connectivity index (χ4n) is 2.33. The van der Waals surface area contributed by atoms with E-state index in [1.165, 1.54) is 0 Å². The number of imidazole rings is 1. The zero-order valence-corrected chi connectivity index (χ0v) is 12.8. The van der Waals surface area contributed by atoms with Gasteiger partial charge in [-0.25, -0.2) is 4.98 Å². The van der Waals surface area contributed by atoms with Gasteiger partial charge in [0.25, 0.3) is 0 Å². The lowest BCUT2D eigenvalue weighted by Gasteiger charge is -2.10. The number of rotatable bonds is 2. The molecule has 2 N–H and O–H groups in total. The molecule has 1 aromatic heterocycles. The van der Waals surface area contributed by atoms with Gasteiger partial charge in [0.1, 0.15) is 11.3 Å². The van der Waals surface area contributed by atoms with E-state index in [1.54, 1.807) is 7.11 Å². The Kier molecular flexibility index (Phi) is 3.14. The Bertz CT molecular complexity index is 795. The maximum absolute atomic E-state index is 6.11. The van der Waals surface area contributed by atoms with Gasteiger partial charge in [-0.15, -0.1) is 0 Å². The molecule has 3 rings (SSSR count). The highest BCUT2D eigenvalue weighted by Crippen LogP contribution is 2.31. The fraction of sp³-hybridized carbons (Fsp3) is 0.133. The normalized spacial score (nSPS) is 10.9. The summed E-state index contributed by atoms with van der Waals surface area (Å²) in [5, 5.41) is 0. The molecule has 0 aliphatic rings. The zero-order chi connectivity index (χ0) is 14.3. The second-order valence-electron chi connectivity index (χ2n) is 4.56. The highest BCUT2D eigenvalue weighted by atomic mass is 79.9. The van der Waals surface area contributed by atoms with Gasteiger partial charge in [-0.05, 0) is 36.8 Å². The van der Waals surface area contributed by atoms with Gasteiger partial charge < -0.3 is 10.5 Å². The van der Waals surface area contributed by atoms with Crippen LogP contribution in [0.4, 0.5) is 5.95 Å². The van der Waals surface area contributed by atoms with Crippen molar-refractivity contribution in [3.05, 3.63) is 46.4 Å². The molecular weight excluding hydrogens is 318 g/mol. The third kappa shape index (κ3) is 1.94. The molecule has 5 heteroatoms. The predicted octanol–water partition coefficient (Wildman–Crippen LogP) is 3.69. The first-order valence-corrected chi connectivity index (χ1v) is 6.98. The molecule has 3 aromatic rings. The van der Waals surface area contributed by atoms with E-state index < -0.39 is 0 Å². The standard InChI is InChI=1S/C15H14BrN3O/c1-9-6-7-10(16)8-12(9)19-11-4-3-5-13(20-2)14(11)18-15(19)17/h3-8H,1-2H3,(H2,17,18). The number of aromatic nitrogens is 2. The van der Waals surface area contributed by atoms with E-state index >= 15 is 0 Å². The van der Waals surface area contributed by atoms with Crippen LogP contribution in [0.5, 0.6) is 5.75 Å². The van der Waals surface area contributed by atoms with E-state index in [9.17, 15) is 0 Å². The fourth-order valence-corrected chi connectivity index (χ4v) is 2.68. The molecule has 2 aromatic carbocycles. The van der Waals surface area contributed by atoms with Crippen LogP contribution in [0.2, 0.25) is 0 Å². The number of hydrogen-bond donors (Lipinski definition) is 1. The summed E-state index contributed by atoms with van der Waals surface area (Å²) in [5.41, 5.74) is 9.95. The Hall–Kier alpha value is -2.01. The first-order chi connectivity index (χ1) is 9.61. The summed E-state index contributed by atoms with van der Waals surface area (Å²) < 4.78 is 8.29. The van der Waals surface area contributed by atoms with Crippen LogP contribution in [0.25, 0.3) is 16.7 Å². The summed E-state index contributed by atoms with van der Waals surface area (Å²) in [4.78, 5) is 4.43. The molecule has 0 saturated carbocycles. The Morgan fingerprint density at radius 3 is 2.80 bits per heavy atom. The number of halogens is 1. The molecule has 0 aliphatic carbocycles. The van der Waals surface area contributed by atoms with Crippen molar-refractivity contribution in [2.45, 2.75) is 6.92 Å². The van der Waals surface area contributed by atoms with Gasteiger partial charge in [0.05, 0.1) is 18.3 Å². The van der Waals surface area contributed by atoms with Crippen LogP contribution in [0, 0.1) is 6.92 Å². The number of nitrogens with zero attached hydrogens (tertiary/aromatic N) is 2. The van der Waals surface area contributed by atoms with E-state index in [0.717, 1.165) is 32.5 Å². The second kappa shape index (κ2) is 4.83.